The normalized spacial score (nSPS) is 31.4. The summed E-state index contributed by atoms with van der Waals surface area (Å²) in [6, 6.07) is 0. The molecular formula is C12H21IO3. The van der Waals surface area contributed by atoms with Gasteiger partial charge in [0, 0.05) is 0 Å². The van der Waals surface area contributed by atoms with E-state index in [9.17, 15) is 9.90 Å². The number of carbonyl (C=O) groups is 1. The molecule has 0 saturated heterocycles. The summed E-state index contributed by atoms with van der Waals surface area (Å²) in [5, 5.41) is 10.0. The van der Waals surface area contributed by atoms with Crippen LogP contribution in [0.1, 0.15) is 46.0 Å². The van der Waals surface area contributed by atoms with Gasteiger partial charge in [-0.3, -0.25) is 4.79 Å². The van der Waals surface area contributed by atoms with Crippen LogP contribution in [0.2, 0.25) is 0 Å². The van der Waals surface area contributed by atoms with Gasteiger partial charge < -0.3 is 9.84 Å². The van der Waals surface area contributed by atoms with Crippen molar-refractivity contribution < 1.29 is 14.6 Å². The molecule has 0 aromatic carbocycles. The van der Waals surface area contributed by atoms with E-state index in [4.69, 9.17) is 4.74 Å². The van der Waals surface area contributed by atoms with E-state index < -0.39 is 5.60 Å². The van der Waals surface area contributed by atoms with Crippen molar-refractivity contribution in [2.75, 3.05) is 6.61 Å². The van der Waals surface area contributed by atoms with Gasteiger partial charge in [0.15, 0.2) is 0 Å². The predicted molar refractivity (Wildman–Crippen MR) is 71.6 cm³/mol. The molecule has 3 atom stereocenters. The lowest BCUT2D eigenvalue weighted by Gasteiger charge is -2.20. The molecule has 0 spiro atoms. The van der Waals surface area contributed by atoms with Crippen molar-refractivity contribution in [1.82, 2.24) is 0 Å². The molecule has 0 aromatic heterocycles. The highest BCUT2D eigenvalue weighted by Gasteiger charge is 2.36. The molecule has 1 aliphatic rings. The summed E-state index contributed by atoms with van der Waals surface area (Å²) in [5.41, 5.74) is -0.508. The zero-order chi connectivity index (χ0) is 12.2. The lowest BCUT2D eigenvalue weighted by atomic mass is 9.98. The number of esters is 1. The number of ether oxygens (including phenoxy) is 1. The Balaban J connectivity index is 2.28. The Kier molecular flexibility index (Phi) is 5.50. The van der Waals surface area contributed by atoms with Crippen LogP contribution in [0, 0.1) is 5.92 Å². The van der Waals surface area contributed by atoms with Crippen molar-refractivity contribution in [2.45, 2.75) is 55.5 Å². The van der Waals surface area contributed by atoms with Crippen LogP contribution in [-0.2, 0) is 9.53 Å². The van der Waals surface area contributed by atoms with Crippen LogP contribution < -0.4 is 0 Å². The van der Waals surface area contributed by atoms with Gasteiger partial charge in [-0.2, -0.15) is 0 Å². The van der Waals surface area contributed by atoms with E-state index in [0.29, 0.717) is 12.5 Å². The van der Waals surface area contributed by atoms with E-state index in [-0.39, 0.29) is 9.89 Å². The number of carbonyl (C=O) groups excluding carboxylic acids is 1. The summed E-state index contributed by atoms with van der Waals surface area (Å²) in [5.74, 6) is 0.226. The zero-order valence-corrected chi connectivity index (χ0v) is 12.2. The number of rotatable bonds is 5. The van der Waals surface area contributed by atoms with Crippen LogP contribution >= 0.6 is 22.6 Å². The summed E-state index contributed by atoms with van der Waals surface area (Å²) in [6.45, 7) is 4.46. The highest BCUT2D eigenvalue weighted by Crippen LogP contribution is 2.36. The molecule has 3 nitrogen and oxygen atoms in total. The zero-order valence-electron chi connectivity index (χ0n) is 10.0. The first-order valence-corrected chi connectivity index (χ1v) is 7.28. The van der Waals surface area contributed by atoms with Crippen LogP contribution in [-0.4, -0.2) is 27.2 Å². The Hall–Kier alpha value is 0.160. The van der Waals surface area contributed by atoms with E-state index in [2.05, 4.69) is 22.6 Å². The fourth-order valence-electron chi connectivity index (χ4n) is 2.13. The molecule has 0 aliphatic heterocycles. The minimum absolute atomic E-state index is 0.0379. The van der Waals surface area contributed by atoms with Crippen molar-refractivity contribution in [3.8, 4) is 0 Å². The fraction of sp³-hybridized carbons (Fsp3) is 0.917. The fourth-order valence-corrected chi connectivity index (χ4v) is 2.31. The van der Waals surface area contributed by atoms with E-state index in [0.717, 1.165) is 32.1 Å². The predicted octanol–water partition coefficient (Wildman–Crippen LogP) is 2.68. The van der Waals surface area contributed by atoms with Gasteiger partial charge in [0.25, 0.3) is 0 Å². The minimum Gasteiger partial charge on any atom is -0.465 e. The van der Waals surface area contributed by atoms with Crippen LogP contribution in [0.5, 0.6) is 0 Å². The van der Waals surface area contributed by atoms with Crippen molar-refractivity contribution in [3.63, 3.8) is 0 Å². The largest absolute Gasteiger partial charge is 0.465 e. The Bertz CT molecular complexity index is 244. The van der Waals surface area contributed by atoms with Crippen molar-refractivity contribution in [1.29, 1.82) is 0 Å². The van der Waals surface area contributed by atoms with Gasteiger partial charge in [0.1, 0.15) is 3.92 Å². The lowest BCUT2D eigenvalue weighted by Crippen LogP contribution is -2.25. The van der Waals surface area contributed by atoms with Crippen LogP contribution in [0.3, 0.4) is 0 Å². The molecule has 0 bridgehead atoms. The number of hydrogen-bond acceptors (Lipinski definition) is 3. The standard InChI is InChI=1S/C12H21IO3/c1-3-10(13)11(14)16-8-9-5-6-12(15,4-2)7-9/h9-10,15H,3-8H2,1-2H3. The summed E-state index contributed by atoms with van der Waals surface area (Å²) in [4.78, 5) is 11.5. The molecule has 1 rings (SSSR count). The van der Waals surface area contributed by atoms with Gasteiger partial charge in [-0.1, -0.05) is 36.4 Å². The Morgan fingerprint density at radius 3 is 2.81 bits per heavy atom. The maximum Gasteiger partial charge on any atom is 0.318 e. The first kappa shape index (κ1) is 14.2. The number of aliphatic hydroxyl groups is 1. The van der Waals surface area contributed by atoms with Gasteiger partial charge in [0.05, 0.1) is 12.2 Å². The van der Waals surface area contributed by atoms with E-state index in [1.54, 1.807) is 0 Å². The second-order valence-corrected chi connectivity index (χ2v) is 6.20. The molecule has 3 unspecified atom stereocenters. The average molecular weight is 340 g/mol. The molecule has 1 N–H and O–H groups in total. The monoisotopic (exact) mass is 340 g/mol. The van der Waals surface area contributed by atoms with Crippen LogP contribution in [0.15, 0.2) is 0 Å². The Morgan fingerprint density at radius 1 is 1.62 bits per heavy atom. The van der Waals surface area contributed by atoms with E-state index in [1.165, 1.54) is 0 Å². The second kappa shape index (κ2) is 6.19. The third-order valence-electron chi connectivity index (χ3n) is 3.42. The highest BCUT2D eigenvalue weighted by atomic mass is 127. The van der Waals surface area contributed by atoms with E-state index >= 15 is 0 Å². The summed E-state index contributed by atoms with van der Waals surface area (Å²) >= 11 is 2.11. The molecule has 0 heterocycles. The number of alkyl halides is 1. The van der Waals surface area contributed by atoms with Gasteiger partial charge in [0.2, 0.25) is 0 Å². The Morgan fingerprint density at radius 2 is 2.31 bits per heavy atom. The molecule has 1 fully saturated rings. The maximum absolute atomic E-state index is 11.5. The van der Waals surface area contributed by atoms with Crippen LogP contribution in [0.4, 0.5) is 0 Å². The van der Waals surface area contributed by atoms with Crippen molar-refractivity contribution in [3.05, 3.63) is 0 Å². The topological polar surface area (TPSA) is 46.5 Å². The molecule has 4 heteroatoms. The first-order valence-electron chi connectivity index (χ1n) is 6.04. The highest BCUT2D eigenvalue weighted by molar-refractivity contribution is 14.1. The van der Waals surface area contributed by atoms with Gasteiger partial charge in [-0.25, -0.2) is 0 Å². The van der Waals surface area contributed by atoms with E-state index in [1.807, 2.05) is 13.8 Å². The summed E-state index contributed by atoms with van der Waals surface area (Å²) in [6.07, 6.45) is 4.18. The smallest absolute Gasteiger partial charge is 0.318 e. The lowest BCUT2D eigenvalue weighted by molar-refractivity contribution is -0.144. The molecule has 16 heavy (non-hydrogen) atoms. The van der Waals surface area contributed by atoms with Crippen molar-refractivity contribution in [2.24, 2.45) is 5.92 Å². The molecule has 0 radical (unpaired) electrons. The summed E-state index contributed by atoms with van der Waals surface area (Å²) < 4.78 is 5.22. The van der Waals surface area contributed by atoms with Crippen LogP contribution in [0.25, 0.3) is 0 Å². The number of hydrogen-bond donors (Lipinski definition) is 1. The molecule has 0 aromatic rings. The van der Waals surface area contributed by atoms with Gasteiger partial charge in [-0.05, 0) is 38.0 Å². The number of halogens is 1. The molecule has 94 valence electrons. The van der Waals surface area contributed by atoms with Gasteiger partial charge >= 0.3 is 5.97 Å². The summed E-state index contributed by atoms with van der Waals surface area (Å²) in [7, 11) is 0. The molecule has 1 saturated carbocycles. The molecular weight excluding hydrogens is 319 g/mol. The molecule has 0 amide bonds. The SMILES string of the molecule is CCC(I)C(=O)OCC1CCC(O)(CC)C1. The third kappa shape index (κ3) is 3.87. The quantitative estimate of drug-likeness (QED) is 0.476. The Labute approximate surface area is 111 Å². The maximum atomic E-state index is 11.5. The molecule has 1 aliphatic carbocycles. The van der Waals surface area contributed by atoms with Crippen molar-refractivity contribution >= 4 is 28.6 Å². The average Bonchev–Trinajstić information content (AvgIpc) is 2.68. The minimum atomic E-state index is -0.508. The first-order chi connectivity index (χ1) is 7.50. The third-order valence-corrected chi connectivity index (χ3v) is 4.81. The van der Waals surface area contributed by atoms with Gasteiger partial charge in [-0.15, -0.1) is 0 Å². The second-order valence-electron chi connectivity index (χ2n) is 4.69.